The Hall–Kier alpha value is -3.83. The number of rotatable bonds is 3. The molecule has 1 aromatic carbocycles. The molecule has 0 saturated heterocycles. The Balaban J connectivity index is 0.000000383. The summed E-state index contributed by atoms with van der Waals surface area (Å²) in [6, 6.07) is 7.99. The fraction of sp³-hybridized carbons (Fsp3) is 0.333. The molecule has 0 aliphatic carbocycles. The van der Waals surface area contributed by atoms with Crippen molar-refractivity contribution >= 4 is 34.2 Å². The summed E-state index contributed by atoms with van der Waals surface area (Å²) in [4.78, 5) is 30.0. The molecule has 1 unspecified atom stereocenters. The highest BCUT2D eigenvalue weighted by Crippen LogP contribution is 2.24. The number of benzene rings is 1. The van der Waals surface area contributed by atoms with Gasteiger partial charge in [0, 0.05) is 29.8 Å². The minimum atomic E-state index is -5.08. The molecule has 33 heavy (non-hydrogen) atoms. The van der Waals surface area contributed by atoms with E-state index in [1.54, 1.807) is 6.20 Å². The molecule has 3 N–H and O–H groups in total. The number of H-pyrrole nitrogens is 1. The molecule has 0 fully saturated rings. The zero-order valence-corrected chi connectivity index (χ0v) is 18.0. The van der Waals surface area contributed by atoms with Crippen molar-refractivity contribution in [1.29, 1.82) is 0 Å². The third kappa shape index (κ3) is 5.70. The largest absolute Gasteiger partial charge is 0.490 e. The molecular weight excluding hydrogens is 443 g/mol. The summed E-state index contributed by atoms with van der Waals surface area (Å²) >= 11 is 0. The molecule has 12 heteroatoms. The van der Waals surface area contributed by atoms with Crippen molar-refractivity contribution in [2.75, 3.05) is 5.32 Å². The van der Waals surface area contributed by atoms with Crippen LogP contribution in [0.1, 0.15) is 32.8 Å². The number of aromatic nitrogens is 3. The van der Waals surface area contributed by atoms with E-state index in [1.807, 2.05) is 62.1 Å². The molecule has 1 aliphatic rings. The monoisotopic (exact) mass is 465 g/mol. The fourth-order valence-corrected chi connectivity index (χ4v) is 2.98. The highest BCUT2D eigenvalue weighted by Gasteiger charge is 2.38. The van der Waals surface area contributed by atoms with Gasteiger partial charge in [0.2, 0.25) is 6.10 Å². The number of nitrogens with one attached hydrogen (secondary N) is 2. The van der Waals surface area contributed by atoms with Crippen LogP contribution >= 0.6 is 0 Å². The summed E-state index contributed by atoms with van der Waals surface area (Å²) in [5.41, 5.74) is 3.24. The molecule has 0 bridgehead atoms. The van der Waals surface area contributed by atoms with Crippen molar-refractivity contribution in [3.63, 3.8) is 0 Å². The molecule has 0 radical (unpaired) electrons. The molecule has 0 spiro atoms. The van der Waals surface area contributed by atoms with Crippen molar-refractivity contribution in [3.05, 3.63) is 48.4 Å². The molecule has 176 valence electrons. The van der Waals surface area contributed by atoms with Gasteiger partial charge in [0.05, 0.1) is 28.7 Å². The number of halogens is 3. The smallest absolute Gasteiger partial charge is 0.475 e. The summed E-state index contributed by atoms with van der Waals surface area (Å²) in [7, 11) is 0. The second kappa shape index (κ2) is 8.96. The Morgan fingerprint density at radius 3 is 2.55 bits per heavy atom. The second-order valence-corrected chi connectivity index (χ2v) is 8.22. The van der Waals surface area contributed by atoms with E-state index in [9.17, 15) is 18.0 Å². The maximum absolute atomic E-state index is 12.5. The van der Waals surface area contributed by atoms with E-state index in [2.05, 4.69) is 20.6 Å². The Bertz CT molecular complexity index is 1190. The van der Waals surface area contributed by atoms with Gasteiger partial charge in [-0.1, -0.05) is 23.4 Å². The number of carboxylic acid groups (broad SMARTS) is 1. The molecule has 1 atom stereocenters. The van der Waals surface area contributed by atoms with Crippen LogP contribution in [0.3, 0.4) is 0 Å². The summed E-state index contributed by atoms with van der Waals surface area (Å²) in [6.45, 7) is 6.15. The van der Waals surface area contributed by atoms with Crippen LogP contribution in [0.5, 0.6) is 0 Å². The van der Waals surface area contributed by atoms with E-state index in [0.717, 1.165) is 22.2 Å². The van der Waals surface area contributed by atoms with Crippen LogP contribution in [0, 0.1) is 0 Å². The quantitative estimate of drug-likeness (QED) is 0.542. The van der Waals surface area contributed by atoms with Gasteiger partial charge in [-0.05, 0) is 26.8 Å². The average molecular weight is 465 g/mol. The van der Waals surface area contributed by atoms with E-state index < -0.39 is 18.2 Å². The van der Waals surface area contributed by atoms with E-state index >= 15 is 0 Å². The lowest BCUT2D eigenvalue weighted by atomic mass is 10.0. The van der Waals surface area contributed by atoms with Gasteiger partial charge in [0.25, 0.3) is 5.91 Å². The van der Waals surface area contributed by atoms with Gasteiger partial charge in [-0.2, -0.15) is 18.3 Å². The zero-order valence-electron chi connectivity index (χ0n) is 18.0. The first-order valence-electron chi connectivity index (χ1n) is 9.81. The Morgan fingerprint density at radius 2 is 1.94 bits per heavy atom. The van der Waals surface area contributed by atoms with Crippen LogP contribution in [0.4, 0.5) is 18.9 Å². The van der Waals surface area contributed by atoms with E-state index in [1.165, 1.54) is 0 Å². The minimum Gasteiger partial charge on any atom is -0.475 e. The summed E-state index contributed by atoms with van der Waals surface area (Å²) in [6.07, 6.45) is 0.0421. The van der Waals surface area contributed by atoms with Gasteiger partial charge < -0.3 is 20.2 Å². The van der Waals surface area contributed by atoms with Crippen molar-refractivity contribution in [2.45, 2.75) is 45.0 Å². The van der Waals surface area contributed by atoms with E-state index in [0.29, 0.717) is 12.1 Å². The molecular formula is C21H22F3N5O4. The van der Waals surface area contributed by atoms with E-state index in [-0.39, 0.29) is 11.4 Å². The Kier molecular flexibility index (Phi) is 6.47. The lowest BCUT2D eigenvalue weighted by Gasteiger charge is -2.18. The van der Waals surface area contributed by atoms with Crippen LogP contribution in [0.15, 0.2) is 48.0 Å². The van der Waals surface area contributed by atoms with Crippen LogP contribution in [-0.2, 0) is 20.0 Å². The Labute approximate surface area is 186 Å². The predicted octanol–water partition coefficient (Wildman–Crippen LogP) is 3.88. The number of nitrogens with zero attached hydrogens (tertiary/aromatic N) is 3. The van der Waals surface area contributed by atoms with Gasteiger partial charge in [-0.25, -0.2) is 4.79 Å². The van der Waals surface area contributed by atoms with Crippen LogP contribution in [0.2, 0.25) is 0 Å². The molecule has 1 amide bonds. The number of carbonyl (C=O) groups is 2. The van der Waals surface area contributed by atoms with Gasteiger partial charge >= 0.3 is 12.1 Å². The molecule has 0 saturated carbocycles. The number of carbonyl (C=O) groups excluding carboxylic acids is 1. The third-order valence-electron chi connectivity index (χ3n) is 4.64. The first-order valence-corrected chi connectivity index (χ1v) is 9.81. The first-order chi connectivity index (χ1) is 15.4. The molecule has 2 aromatic heterocycles. The van der Waals surface area contributed by atoms with Crippen LogP contribution in [-0.4, -0.2) is 49.7 Å². The average Bonchev–Trinajstić information content (AvgIpc) is 3.46. The summed E-state index contributed by atoms with van der Waals surface area (Å²) in [5.74, 6) is -2.98. The number of anilines is 1. The van der Waals surface area contributed by atoms with Crippen LogP contribution < -0.4 is 5.32 Å². The number of hydrogen-bond acceptors (Lipinski definition) is 5. The minimum absolute atomic E-state index is 0.141. The van der Waals surface area contributed by atoms with Crippen molar-refractivity contribution in [3.8, 4) is 0 Å². The lowest BCUT2D eigenvalue weighted by molar-refractivity contribution is -0.192. The predicted molar refractivity (Wildman–Crippen MR) is 114 cm³/mol. The molecule has 3 heterocycles. The van der Waals surface area contributed by atoms with Crippen molar-refractivity contribution in [1.82, 2.24) is 14.8 Å². The molecule has 4 rings (SSSR count). The maximum atomic E-state index is 12.5. The van der Waals surface area contributed by atoms with E-state index in [4.69, 9.17) is 14.7 Å². The molecule has 3 aromatic rings. The first kappa shape index (κ1) is 23.8. The molecule has 9 nitrogen and oxygen atoms in total. The number of aromatic amines is 1. The number of hydrogen-bond donors (Lipinski definition) is 3. The SMILES string of the molecule is CC(C)(C)n1cc(NC(=O)C2CC(c3cccc4cc[nH]c34)=NO2)cn1.O=C(O)C(F)(F)F. The van der Waals surface area contributed by atoms with Gasteiger partial charge in [-0.15, -0.1) is 0 Å². The highest BCUT2D eigenvalue weighted by atomic mass is 19.4. The summed E-state index contributed by atoms with van der Waals surface area (Å²) < 4.78 is 33.5. The van der Waals surface area contributed by atoms with Gasteiger partial charge in [-0.3, -0.25) is 9.48 Å². The van der Waals surface area contributed by atoms with Gasteiger partial charge in [0.15, 0.2) is 0 Å². The summed E-state index contributed by atoms with van der Waals surface area (Å²) in [5, 5.41) is 19.5. The zero-order chi connectivity index (χ0) is 24.4. The topological polar surface area (TPSA) is 122 Å². The van der Waals surface area contributed by atoms with Crippen LogP contribution in [0.25, 0.3) is 10.9 Å². The Morgan fingerprint density at radius 1 is 1.24 bits per heavy atom. The molecule has 1 aliphatic heterocycles. The fourth-order valence-electron chi connectivity index (χ4n) is 2.98. The third-order valence-corrected chi connectivity index (χ3v) is 4.64. The number of alkyl halides is 3. The number of amides is 1. The number of para-hydroxylation sites is 1. The highest BCUT2D eigenvalue weighted by molar-refractivity contribution is 6.12. The van der Waals surface area contributed by atoms with Crippen molar-refractivity contribution < 1.29 is 32.7 Å². The second-order valence-electron chi connectivity index (χ2n) is 8.22. The number of oxime groups is 1. The number of carboxylic acids is 1. The van der Waals surface area contributed by atoms with Gasteiger partial charge in [0.1, 0.15) is 0 Å². The van der Waals surface area contributed by atoms with Crippen molar-refractivity contribution in [2.24, 2.45) is 5.16 Å². The standard InChI is InChI=1S/C19H21N5O2.C2HF3O2/c1-19(2,3)24-11-13(10-21-24)22-18(25)16-9-15(23-26-16)14-6-4-5-12-7-8-20-17(12)14;3-2(4,5)1(6)7/h4-8,10-11,16,20H,9H2,1-3H3,(H,22,25);(H,6,7). The lowest BCUT2D eigenvalue weighted by Crippen LogP contribution is -2.28. The normalized spacial score (nSPS) is 15.9. The number of aliphatic carboxylic acids is 1. The maximum Gasteiger partial charge on any atom is 0.490 e. The number of fused-ring (bicyclic) bond motifs is 1.